The zero-order valence-electron chi connectivity index (χ0n) is 17.2. The molecule has 6 heteroatoms. The molecule has 1 aliphatic rings. The minimum atomic E-state index is -0.0441. The molecule has 1 aromatic carbocycles. The summed E-state index contributed by atoms with van der Waals surface area (Å²) in [6, 6.07) is 8.55. The second kappa shape index (κ2) is 15.9. The maximum absolute atomic E-state index is 5.59. The molecule has 0 aliphatic carbocycles. The summed E-state index contributed by atoms with van der Waals surface area (Å²) in [7, 11) is 0. The lowest BCUT2D eigenvalue weighted by molar-refractivity contribution is -0.169. The van der Waals surface area contributed by atoms with Gasteiger partial charge in [0.05, 0.1) is 59.5 Å². The van der Waals surface area contributed by atoms with Crippen molar-refractivity contribution in [1.29, 1.82) is 0 Å². The average Bonchev–Trinajstić information content (AvgIpc) is 2.73. The van der Waals surface area contributed by atoms with Gasteiger partial charge in [0.15, 0.2) is 6.29 Å². The summed E-state index contributed by atoms with van der Waals surface area (Å²) < 4.78 is 33.1. The van der Waals surface area contributed by atoms with Crippen molar-refractivity contribution in [3.05, 3.63) is 35.4 Å². The van der Waals surface area contributed by atoms with Crippen LogP contribution in [-0.2, 0) is 34.8 Å². The molecule has 0 N–H and O–H groups in total. The predicted molar refractivity (Wildman–Crippen MR) is 108 cm³/mol. The number of rotatable bonds is 16. The average molecular weight is 397 g/mol. The molecule has 0 saturated carbocycles. The molecule has 0 bridgehead atoms. The first-order chi connectivity index (χ1) is 13.8. The van der Waals surface area contributed by atoms with Gasteiger partial charge in [-0.2, -0.15) is 0 Å². The second-order valence-electron chi connectivity index (χ2n) is 6.85. The van der Waals surface area contributed by atoms with Gasteiger partial charge in [-0.1, -0.05) is 29.8 Å². The normalized spacial score (nSPS) is 17.1. The number of benzene rings is 1. The Balaban J connectivity index is 1.25. The summed E-state index contributed by atoms with van der Waals surface area (Å²) >= 11 is 0. The Labute approximate surface area is 169 Å². The van der Waals surface area contributed by atoms with Crippen molar-refractivity contribution in [3.8, 4) is 0 Å². The number of aryl methyl sites for hydroxylation is 1. The number of ether oxygens (including phenoxy) is 6. The van der Waals surface area contributed by atoms with Crippen LogP contribution in [0.1, 0.15) is 30.4 Å². The summed E-state index contributed by atoms with van der Waals surface area (Å²) in [6.07, 6.45) is 4.19. The minimum absolute atomic E-state index is 0.0441. The molecule has 1 aliphatic heterocycles. The molecular weight excluding hydrogens is 360 g/mol. The van der Waals surface area contributed by atoms with Crippen molar-refractivity contribution in [2.45, 2.75) is 38.9 Å². The molecule has 1 unspecified atom stereocenters. The topological polar surface area (TPSA) is 55.4 Å². The molecule has 28 heavy (non-hydrogen) atoms. The molecule has 1 fully saturated rings. The van der Waals surface area contributed by atoms with Gasteiger partial charge in [-0.25, -0.2) is 0 Å². The fourth-order valence-corrected chi connectivity index (χ4v) is 2.79. The molecule has 1 aromatic rings. The van der Waals surface area contributed by atoms with Crippen molar-refractivity contribution in [1.82, 2.24) is 0 Å². The van der Waals surface area contributed by atoms with Crippen LogP contribution in [-0.4, -0.2) is 72.4 Å². The van der Waals surface area contributed by atoms with Crippen molar-refractivity contribution in [2.75, 3.05) is 66.1 Å². The first-order valence-corrected chi connectivity index (χ1v) is 10.4. The van der Waals surface area contributed by atoms with Gasteiger partial charge in [0, 0.05) is 6.61 Å². The van der Waals surface area contributed by atoms with E-state index >= 15 is 0 Å². The van der Waals surface area contributed by atoms with E-state index in [4.69, 9.17) is 28.4 Å². The lowest BCUT2D eigenvalue weighted by Gasteiger charge is -2.22. The van der Waals surface area contributed by atoms with Crippen LogP contribution in [0, 0.1) is 6.92 Å². The van der Waals surface area contributed by atoms with E-state index in [-0.39, 0.29) is 6.29 Å². The van der Waals surface area contributed by atoms with Gasteiger partial charge in [0.25, 0.3) is 0 Å². The fraction of sp³-hybridized carbons (Fsp3) is 0.727. The predicted octanol–water partition coefficient (Wildman–Crippen LogP) is 3.15. The molecule has 1 heterocycles. The summed E-state index contributed by atoms with van der Waals surface area (Å²) in [5, 5.41) is 0. The van der Waals surface area contributed by atoms with Crippen LogP contribution in [0.15, 0.2) is 24.3 Å². The van der Waals surface area contributed by atoms with Crippen LogP contribution in [0.5, 0.6) is 0 Å². The monoisotopic (exact) mass is 396 g/mol. The summed E-state index contributed by atoms with van der Waals surface area (Å²) in [5.74, 6) is 0. The van der Waals surface area contributed by atoms with Crippen LogP contribution in [0.3, 0.4) is 0 Å². The molecule has 0 spiro atoms. The highest BCUT2D eigenvalue weighted by atomic mass is 16.7. The van der Waals surface area contributed by atoms with E-state index in [0.29, 0.717) is 52.9 Å². The lowest BCUT2D eigenvalue weighted by Crippen LogP contribution is -2.24. The smallest absolute Gasteiger partial charge is 0.157 e. The van der Waals surface area contributed by atoms with Gasteiger partial charge in [-0.05, 0) is 38.2 Å². The summed E-state index contributed by atoms with van der Waals surface area (Å²) in [6.45, 7) is 8.23. The Kier molecular flexibility index (Phi) is 13.2. The Hall–Kier alpha value is -1.02. The SMILES string of the molecule is Cc1ccc(CCOCCOCCOCCOCCOC2CCCCO2)cc1. The van der Waals surface area contributed by atoms with Crippen LogP contribution in [0.2, 0.25) is 0 Å². The molecule has 1 saturated heterocycles. The van der Waals surface area contributed by atoms with Crippen LogP contribution < -0.4 is 0 Å². The van der Waals surface area contributed by atoms with E-state index in [0.717, 1.165) is 32.5 Å². The van der Waals surface area contributed by atoms with Gasteiger partial charge in [-0.15, -0.1) is 0 Å². The highest BCUT2D eigenvalue weighted by molar-refractivity contribution is 5.21. The summed E-state index contributed by atoms with van der Waals surface area (Å²) in [5.41, 5.74) is 2.58. The zero-order chi connectivity index (χ0) is 19.7. The van der Waals surface area contributed by atoms with E-state index in [1.165, 1.54) is 17.5 Å². The third-order valence-corrected chi connectivity index (χ3v) is 4.44. The largest absolute Gasteiger partial charge is 0.379 e. The summed E-state index contributed by atoms with van der Waals surface area (Å²) in [4.78, 5) is 0. The minimum Gasteiger partial charge on any atom is -0.379 e. The maximum Gasteiger partial charge on any atom is 0.157 e. The van der Waals surface area contributed by atoms with E-state index in [1.54, 1.807) is 0 Å². The maximum atomic E-state index is 5.59. The van der Waals surface area contributed by atoms with Crippen molar-refractivity contribution < 1.29 is 28.4 Å². The van der Waals surface area contributed by atoms with Crippen LogP contribution in [0.4, 0.5) is 0 Å². The van der Waals surface area contributed by atoms with Crippen LogP contribution in [0.25, 0.3) is 0 Å². The third-order valence-electron chi connectivity index (χ3n) is 4.44. The number of hydrogen-bond acceptors (Lipinski definition) is 6. The first-order valence-electron chi connectivity index (χ1n) is 10.4. The van der Waals surface area contributed by atoms with Gasteiger partial charge in [0.1, 0.15) is 0 Å². The second-order valence-corrected chi connectivity index (χ2v) is 6.85. The van der Waals surface area contributed by atoms with E-state index < -0.39 is 0 Å². The highest BCUT2D eigenvalue weighted by Gasteiger charge is 2.13. The van der Waals surface area contributed by atoms with Gasteiger partial charge >= 0.3 is 0 Å². The molecule has 160 valence electrons. The Morgan fingerprint density at radius 3 is 1.89 bits per heavy atom. The van der Waals surface area contributed by atoms with Gasteiger partial charge in [0.2, 0.25) is 0 Å². The van der Waals surface area contributed by atoms with Gasteiger partial charge in [-0.3, -0.25) is 0 Å². The van der Waals surface area contributed by atoms with E-state index in [1.807, 2.05) is 0 Å². The molecule has 0 radical (unpaired) electrons. The lowest BCUT2D eigenvalue weighted by atomic mass is 10.1. The Bertz CT molecular complexity index is 472. The molecule has 2 rings (SSSR count). The molecule has 0 amide bonds. The van der Waals surface area contributed by atoms with Crippen molar-refractivity contribution >= 4 is 0 Å². The van der Waals surface area contributed by atoms with E-state index in [9.17, 15) is 0 Å². The first kappa shape index (κ1) is 23.3. The highest BCUT2D eigenvalue weighted by Crippen LogP contribution is 2.13. The third kappa shape index (κ3) is 11.7. The quantitative estimate of drug-likeness (QED) is 0.400. The standard InChI is InChI=1S/C22H36O6/c1-20-5-7-21(8-6-20)9-11-23-12-13-24-14-15-25-16-17-26-18-19-28-22-4-2-3-10-27-22/h5-8,22H,2-4,9-19H2,1H3. The fourth-order valence-electron chi connectivity index (χ4n) is 2.79. The molecular formula is C22H36O6. The molecule has 0 aromatic heterocycles. The number of hydrogen-bond donors (Lipinski definition) is 0. The van der Waals surface area contributed by atoms with Crippen molar-refractivity contribution in [3.63, 3.8) is 0 Å². The Morgan fingerprint density at radius 2 is 1.32 bits per heavy atom. The Morgan fingerprint density at radius 1 is 0.750 bits per heavy atom. The molecule has 6 nitrogen and oxygen atoms in total. The molecule has 1 atom stereocenters. The van der Waals surface area contributed by atoms with Crippen molar-refractivity contribution in [2.24, 2.45) is 0 Å². The zero-order valence-corrected chi connectivity index (χ0v) is 17.2. The van der Waals surface area contributed by atoms with Crippen LogP contribution >= 0.6 is 0 Å². The van der Waals surface area contributed by atoms with E-state index in [2.05, 4.69) is 31.2 Å². The van der Waals surface area contributed by atoms with Gasteiger partial charge < -0.3 is 28.4 Å².